The molecule has 2 heterocycles. The fourth-order valence-corrected chi connectivity index (χ4v) is 2.40. The molecule has 74 valence electrons. The second-order valence-electron chi connectivity index (χ2n) is 3.57. The third-order valence-electron chi connectivity index (χ3n) is 2.12. The van der Waals surface area contributed by atoms with Gasteiger partial charge in [0.15, 0.2) is 0 Å². The van der Waals surface area contributed by atoms with E-state index >= 15 is 0 Å². The average Bonchev–Trinajstić information content (AvgIpc) is 2.57. The number of nitrogens with one attached hydrogen (secondary N) is 1. The van der Waals surface area contributed by atoms with Crippen LogP contribution in [0.2, 0.25) is 0 Å². The molecule has 2 N–H and O–H groups in total. The number of rotatable bonds is 2. The Morgan fingerprint density at radius 1 is 1.50 bits per heavy atom. The molecule has 0 aliphatic carbocycles. The maximum atomic E-state index is 10.7. The van der Waals surface area contributed by atoms with Gasteiger partial charge in [0.25, 0.3) is 0 Å². The van der Waals surface area contributed by atoms with Gasteiger partial charge in [-0.2, -0.15) is 0 Å². The monoisotopic (exact) mass is 209 g/mol. The molecule has 0 bridgehead atoms. The number of aromatic carboxylic acids is 1. The predicted octanol–water partition coefficient (Wildman–Crippen LogP) is 3.05. The number of hydrogen-bond donors (Lipinski definition) is 2. The highest BCUT2D eigenvalue weighted by atomic mass is 32.1. The van der Waals surface area contributed by atoms with Crippen molar-refractivity contribution in [2.45, 2.75) is 19.8 Å². The highest BCUT2D eigenvalue weighted by Gasteiger charge is 2.11. The number of carboxylic acid groups (broad SMARTS) is 1. The molecule has 0 unspecified atom stereocenters. The summed E-state index contributed by atoms with van der Waals surface area (Å²) < 4.78 is 1.02. The molecule has 0 aliphatic heterocycles. The molecule has 0 fully saturated rings. The first-order valence-corrected chi connectivity index (χ1v) is 5.25. The van der Waals surface area contributed by atoms with Crippen LogP contribution in [-0.4, -0.2) is 16.1 Å². The van der Waals surface area contributed by atoms with Crippen molar-refractivity contribution in [1.29, 1.82) is 0 Å². The van der Waals surface area contributed by atoms with Crippen LogP contribution in [0.15, 0.2) is 12.1 Å². The van der Waals surface area contributed by atoms with Gasteiger partial charge >= 0.3 is 5.97 Å². The van der Waals surface area contributed by atoms with Crippen molar-refractivity contribution in [1.82, 2.24) is 4.98 Å². The lowest BCUT2D eigenvalue weighted by atomic mass is 10.2. The Kier molecular flexibility index (Phi) is 2.07. The molecule has 3 nitrogen and oxygen atoms in total. The molecular weight excluding hydrogens is 198 g/mol. The zero-order valence-corrected chi connectivity index (χ0v) is 8.81. The molecule has 2 aromatic rings. The minimum Gasteiger partial charge on any atom is -0.477 e. The van der Waals surface area contributed by atoms with E-state index in [9.17, 15) is 4.79 Å². The quantitative estimate of drug-likeness (QED) is 0.798. The summed E-state index contributed by atoms with van der Waals surface area (Å²) in [6, 6.07) is 3.71. The van der Waals surface area contributed by atoms with Gasteiger partial charge in [-0.05, 0) is 18.1 Å². The van der Waals surface area contributed by atoms with Crippen LogP contribution in [0.4, 0.5) is 0 Å². The second-order valence-corrected chi connectivity index (χ2v) is 4.68. The Bertz CT molecular complexity index is 450. The largest absolute Gasteiger partial charge is 0.477 e. The molecule has 0 saturated heterocycles. The Labute approximate surface area is 85.4 Å². The van der Waals surface area contributed by atoms with E-state index in [1.165, 1.54) is 4.88 Å². The summed E-state index contributed by atoms with van der Waals surface area (Å²) in [6.07, 6.45) is 0. The minimum atomic E-state index is -0.903. The van der Waals surface area contributed by atoms with Crippen molar-refractivity contribution >= 4 is 27.5 Å². The topological polar surface area (TPSA) is 53.1 Å². The lowest BCUT2D eigenvalue weighted by Gasteiger charge is -1.96. The predicted molar refractivity (Wildman–Crippen MR) is 57.2 cm³/mol. The van der Waals surface area contributed by atoms with Crippen LogP contribution in [-0.2, 0) is 0 Å². The number of H-pyrrole nitrogens is 1. The van der Waals surface area contributed by atoms with Gasteiger partial charge in [0.1, 0.15) is 5.69 Å². The van der Waals surface area contributed by atoms with Crippen LogP contribution in [0.1, 0.15) is 35.1 Å². The highest BCUT2D eigenvalue weighted by molar-refractivity contribution is 7.19. The number of carboxylic acids is 1. The smallest absolute Gasteiger partial charge is 0.352 e. The Morgan fingerprint density at radius 3 is 2.71 bits per heavy atom. The molecule has 0 saturated carbocycles. The minimum absolute atomic E-state index is 0.265. The SMILES string of the molecule is CC(C)c1cc2[nH]c(C(=O)O)cc2s1. The maximum Gasteiger partial charge on any atom is 0.352 e. The van der Waals surface area contributed by atoms with E-state index in [0.717, 1.165) is 10.2 Å². The van der Waals surface area contributed by atoms with Crippen molar-refractivity contribution in [3.63, 3.8) is 0 Å². The summed E-state index contributed by atoms with van der Waals surface area (Å²) >= 11 is 1.65. The van der Waals surface area contributed by atoms with Gasteiger partial charge < -0.3 is 10.1 Å². The molecular formula is C10H11NO2S. The number of hydrogen-bond acceptors (Lipinski definition) is 2. The molecule has 0 spiro atoms. The van der Waals surface area contributed by atoms with Crippen LogP contribution in [0.5, 0.6) is 0 Å². The molecule has 0 amide bonds. The summed E-state index contributed by atoms with van der Waals surface area (Å²) in [5, 5.41) is 8.76. The van der Waals surface area contributed by atoms with Gasteiger partial charge in [-0.25, -0.2) is 4.79 Å². The van der Waals surface area contributed by atoms with E-state index in [1.54, 1.807) is 17.4 Å². The fourth-order valence-electron chi connectivity index (χ4n) is 1.34. The molecule has 4 heteroatoms. The Hall–Kier alpha value is -1.29. The van der Waals surface area contributed by atoms with Gasteiger partial charge in [-0.3, -0.25) is 0 Å². The Morgan fingerprint density at radius 2 is 2.21 bits per heavy atom. The first-order valence-electron chi connectivity index (χ1n) is 4.43. The highest BCUT2D eigenvalue weighted by Crippen LogP contribution is 2.30. The zero-order chi connectivity index (χ0) is 10.3. The molecule has 0 aromatic carbocycles. The van der Waals surface area contributed by atoms with E-state index < -0.39 is 5.97 Å². The number of aromatic nitrogens is 1. The summed E-state index contributed by atoms with van der Waals surface area (Å²) in [6.45, 7) is 4.26. The van der Waals surface area contributed by atoms with Crippen molar-refractivity contribution in [3.8, 4) is 0 Å². The molecule has 0 radical (unpaired) electrons. The lowest BCUT2D eigenvalue weighted by Crippen LogP contribution is -1.94. The van der Waals surface area contributed by atoms with E-state index in [2.05, 4.69) is 18.8 Å². The summed E-state index contributed by atoms with van der Waals surface area (Å²) in [5.74, 6) is -0.409. The van der Waals surface area contributed by atoms with Crippen molar-refractivity contribution in [3.05, 3.63) is 22.7 Å². The van der Waals surface area contributed by atoms with Gasteiger partial charge in [-0.1, -0.05) is 13.8 Å². The first kappa shape index (κ1) is 9.27. The standard InChI is InChI=1S/C10H11NO2S/c1-5(2)8-3-6-9(14-8)4-7(11-6)10(12)13/h3-5,11H,1-2H3,(H,12,13). The lowest BCUT2D eigenvalue weighted by molar-refractivity contribution is 0.0691. The van der Waals surface area contributed by atoms with E-state index in [0.29, 0.717) is 5.92 Å². The maximum absolute atomic E-state index is 10.7. The third kappa shape index (κ3) is 1.42. The Balaban J connectivity index is 2.50. The van der Waals surface area contributed by atoms with Gasteiger partial charge in [0, 0.05) is 4.88 Å². The molecule has 14 heavy (non-hydrogen) atoms. The first-order chi connectivity index (χ1) is 6.58. The summed E-state index contributed by atoms with van der Waals surface area (Å²) in [7, 11) is 0. The third-order valence-corrected chi connectivity index (χ3v) is 3.51. The van der Waals surface area contributed by atoms with Crippen molar-refractivity contribution < 1.29 is 9.90 Å². The molecule has 0 aliphatic rings. The van der Waals surface area contributed by atoms with Crippen LogP contribution in [0, 0.1) is 0 Å². The van der Waals surface area contributed by atoms with Gasteiger partial charge in [0.05, 0.1) is 10.2 Å². The van der Waals surface area contributed by atoms with E-state index in [1.807, 2.05) is 6.07 Å². The van der Waals surface area contributed by atoms with Crippen LogP contribution < -0.4 is 0 Å². The molecule has 2 aromatic heterocycles. The second kappa shape index (κ2) is 3.13. The number of aromatic amines is 1. The van der Waals surface area contributed by atoms with Gasteiger partial charge in [0.2, 0.25) is 0 Å². The van der Waals surface area contributed by atoms with E-state index in [-0.39, 0.29) is 5.69 Å². The van der Waals surface area contributed by atoms with Crippen LogP contribution in [0.25, 0.3) is 10.2 Å². The number of thiophene rings is 1. The van der Waals surface area contributed by atoms with Gasteiger partial charge in [-0.15, -0.1) is 11.3 Å². The van der Waals surface area contributed by atoms with E-state index in [4.69, 9.17) is 5.11 Å². The molecule has 0 atom stereocenters. The molecule has 2 rings (SSSR count). The normalized spacial score (nSPS) is 11.4. The summed E-state index contributed by atoms with van der Waals surface area (Å²) in [5.41, 5.74) is 1.19. The fraction of sp³-hybridized carbons (Fsp3) is 0.300. The van der Waals surface area contributed by atoms with Crippen molar-refractivity contribution in [2.75, 3.05) is 0 Å². The van der Waals surface area contributed by atoms with Crippen LogP contribution in [0.3, 0.4) is 0 Å². The number of carbonyl (C=O) groups is 1. The van der Waals surface area contributed by atoms with Crippen molar-refractivity contribution in [2.24, 2.45) is 0 Å². The number of fused-ring (bicyclic) bond motifs is 1. The zero-order valence-electron chi connectivity index (χ0n) is 8.00. The van der Waals surface area contributed by atoms with Crippen LogP contribution >= 0.6 is 11.3 Å². The summed E-state index contributed by atoms with van der Waals surface area (Å²) in [4.78, 5) is 14.8. The average molecular weight is 209 g/mol.